The minimum atomic E-state index is -0.818. The van der Waals surface area contributed by atoms with E-state index in [1.165, 1.54) is 0 Å². The number of phenols is 1. The average molecular weight is 476 g/mol. The summed E-state index contributed by atoms with van der Waals surface area (Å²) in [5, 5.41) is 16.1. The van der Waals surface area contributed by atoms with Crippen molar-refractivity contribution in [3.05, 3.63) is 28.8 Å². The lowest BCUT2D eigenvalue weighted by atomic mass is 9.78. The number of carbonyl (C=O) groups excluding carboxylic acids is 2. The Labute approximate surface area is 206 Å². The van der Waals surface area contributed by atoms with Gasteiger partial charge in [-0.15, -0.1) is 0 Å². The van der Waals surface area contributed by atoms with Crippen molar-refractivity contribution in [3.8, 4) is 5.75 Å². The number of quaternary nitrogens is 1. The molecule has 6 nitrogen and oxygen atoms in total. The lowest BCUT2D eigenvalue weighted by Crippen LogP contribution is -3.06. The van der Waals surface area contributed by atoms with E-state index in [9.17, 15) is 14.7 Å². The molecule has 0 unspecified atom stereocenters. The van der Waals surface area contributed by atoms with Crippen LogP contribution in [0, 0.1) is 0 Å². The molecule has 0 spiro atoms. The van der Waals surface area contributed by atoms with Gasteiger partial charge in [0.2, 0.25) is 0 Å². The highest BCUT2D eigenvalue weighted by Crippen LogP contribution is 2.40. The second-order valence-electron chi connectivity index (χ2n) is 13.5. The molecule has 1 aromatic carbocycles. The third kappa shape index (κ3) is 7.72. The SMILES string of the molecule is CC1(C)CC(NC(=O)C(=O)OCCCc2cc(C(C)(C)C)c(O)c(C(C)(C)C)c2)CC(C)(C)[NH2+]1. The number of nitrogens with two attached hydrogens (primary N) is 1. The summed E-state index contributed by atoms with van der Waals surface area (Å²) in [6.07, 6.45) is 2.92. The van der Waals surface area contributed by atoms with Crippen molar-refractivity contribution in [2.75, 3.05) is 6.61 Å². The minimum Gasteiger partial charge on any atom is -0.507 e. The number of carbonyl (C=O) groups is 2. The summed E-state index contributed by atoms with van der Waals surface area (Å²) in [5.74, 6) is -1.12. The van der Waals surface area contributed by atoms with E-state index in [1.54, 1.807) is 0 Å². The first-order chi connectivity index (χ1) is 15.3. The number of ether oxygens (including phenoxy) is 1. The zero-order valence-corrected chi connectivity index (χ0v) is 23.0. The Kier molecular flexibility index (Phi) is 8.19. The Morgan fingerprint density at radius 3 is 1.91 bits per heavy atom. The fraction of sp³-hybridized carbons (Fsp3) is 0.714. The Balaban J connectivity index is 1.95. The fourth-order valence-corrected chi connectivity index (χ4v) is 5.35. The molecule has 34 heavy (non-hydrogen) atoms. The number of piperidine rings is 1. The molecule has 1 heterocycles. The highest BCUT2D eigenvalue weighted by atomic mass is 16.5. The molecule has 6 heteroatoms. The maximum absolute atomic E-state index is 12.4. The van der Waals surface area contributed by atoms with E-state index in [4.69, 9.17) is 4.74 Å². The highest BCUT2D eigenvalue weighted by molar-refractivity contribution is 6.32. The van der Waals surface area contributed by atoms with Crippen LogP contribution in [0.1, 0.15) is 105 Å². The van der Waals surface area contributed by atoms with E-state index in [1.807, 2.05) is 12.1 Å². The number of esters is 1. The first kappa shape index (κ1) is 28.2. The van der Waals surface area contributed by atoms with Crippen molar-refractivity contribution >= 4 is 11.9 Å². The number of aryl methyl sites for hydroxylation is 1. The molecule has 1 aliphatic rings. The van der Waals surface area contributed by atoms with E-state index in [0.29, 0.717) is 18.6 Å². The van der Waals surface area contributed by atoms with Crippen LogP contribution in [-0.4, -0.2) is 40.7 Å². The topological polar surface area (TPSA) is 92.2 Å². The van der Waals surface area contributed by atoms with Gasteiger partial charge in [-0.1, -0.05) is 53.7 Å². The maximum atomic E-state index is 12.4. The van der Waals surface area contributed by atoms with Crippen LogP contribution in [-0.2, 0) is 31.6 Å². The summed E-state index contributed by atoms with van der Waals surface area (Å²) in [4.78, 5) is 24.7. The predicted molar refractivity (Wildman–Crippen MR) is 136 cm³/mol. The van der Waals surface area contributed by atoms with Crippen molar-refractivity contribution in [1.82, 2.24) is 5.32 Å². The Morgan fingerprint density at radius 2 is 1.47 bits per heavy atom. The number of amides is 1. The van der Waals surface area contributed by atoms with Gasteiger partial charge in [0.25, 0.3) is 0 Å². The molecule has 192 valence electrons. The number of phenolic OH excluding ortho intramolecular Hbond substituents is 1. The largest absolute Gasteiger partial charge is 0.507 e. The molecule has 0 atom stereocenters. The third-order valence-electron chi connectivity index (χ3n) is 6.48. The van der Waals surface area contributed by atoms with E-state index in [-0.39, 0.29) is 34.6 Å². The van der Waals surface area contributed by atoms with Gasteiger partial charge in [-0.3, -0.25) is 4.79 Å². The number of nitrogens with one attached hydrogen (secondary N) is 1. The van der Waals surface area contributed by atoms with Gasteiger partial charge in [0, 0.05) is 18.9 Å². The zero-order valence-electron chi connectivity index (χ0n) is 23.0. The molecule has 0 aliphatic carbocycles. The van der Waals surface area contributed by atoms with Gasteiger partial charge in [0.05, 0.1) is 17.7 Å². The fourth-order valence-electron chi connectivity index (χ4n) is 5.35. The van der Waals surface area contributed by atoms with Crippen LogP contribution in [0.25, 0.3) is 0 Å². The second kappa shape index (κ2) is 9.88. The number of hydrogen-bond acceptors (Lipinski definition) is 4. The summed E-state index contributed by atoms with van der Waals surface area (Å²) in [6, 6.07) is 4.05. The summed E-state index contributed by atoms with van der Waals surface area (Å²) >= 11 is 0. The van der Waals surface area contributed by atoms with Crippen molar-refractivity contribution in [2.24, 2.45) is 0 Å². The zero-order chi connectivity index (χ0) is 26.1. The predicted octanol–water partition coefficient (Wildman–Crippen LogP) is 3.86. The average Bonchev–Trinajstić information content (AvgIpc) is 2.61. The van der Waals surface area contributed by atoms with Gasteiger partial charge >= 0.3 is 11.9 Å². The Bertz CT molecular complexity index is 853. The van der Waals surface area contributed by atoms with Crippen molar-refractivity contribution < 1.29 is 24.7 Å². The Hall–Kier alpha value is -2.08. The van der Waals surface area contributed by atoms with Crippen LogP contribution in [0.5, 0.6) is 5.75 Å². The van der Waals surface area contributed by atoms with Crippen LogP contribution >= 0.6 is 0 Å². The van der Waals surface area contributed by atoms with Gasteiger partial charge in [0.1, 0.15) is 5.75 Å². The summed E-state index contributed by atoms with van der Waals surface area (Å²) in [7, 11) is 0. The van der Waals surface area contributed by atoms with E-state index < -0.39 is 11.9 Å². The van der Waals surface area contributed by atoms with Crippen LogP contribution in [0.3, 0.4) is 0 Å². The van der Waals surface area contributed by atoms with Crippen molar-refractivity contribution in [2.45, 2.75) is 123 Å². The molecular formula is C28H47N2O4+. The quantitative estimate of drug-likeness (QED) is 0.343. The molecule has 1 aliphatic heterocycles. The summed E-state index contributed by atoms with van der Waals surface area (Å²) in [5.41, 5.74) is 2.56. The molecule has 0 bridgehead atoms. The monoisotopic (exact) mass is 475 g/mol. The number of rotatable bonds is 5. The van der Waals surface area contributed by atoms with Gasteiger partial charge in [-0.2, -0.15) is 0 Å². The molecule has 0 radical (unpaired) electrons. The van der Waals surface area contributed by atoms with Gasteiger partial charge < -0.3 is 20.5 Å². The molecule has 1 fully saturated rings. The lowest BCUT2D eigenvalue weighted by molar-refractivity contribution is -0.787. The molecule has 0 saturated carbocycles. The number of aromatic hydroxyl groups is 1. The lowest BCUT2D eigenvalue weighted by Gasteiger charge is -2.43. The standard InChI is InChI=1S/C28H46N2O4/c1-25(2,3)20-14-18(15-21(22(20)31)26(4,5)6)12-11-13-34-24(33)23(32)29-19-16-27(7,8)30-28(9,10)17-19/h14-15,19,30-31H,11-13,16-17H2,1-10H3,(H,29,32)/p+1. The molecule has 0 aromatic heterocycles. The van der Waals surface area contributed by atoms with Gasteiger partial charge in [-0.25, -0.2) is 4.79 Å². The van der Waals surface area contributed by atoms with Crippen LogP contribution in [0.2, 0.25) is 0 Å². The first-order valence-corrected chi connectivity index (χ1v) is 12.5. The molecular weight excluding hydrogens is 428 g/mol. The number of benzene rings is 1. The molecule has 2 rings (SSSR count). The van der Waals surface area contributed by atoms with Gasteiger partial charge in [0.15, 0.2) is 0 Å². The van der Waals surface area contributed by atoms with E-state index in [2.05, 4.69) is 79.9 Å². The van der Waals surface area contributed by atoms with Crippen LogP contribution in [0.15, 0.2) is 12.1 Å². The summed E-state index contributed by atoms with van der Waals surface area (Å²) in [6.45, 7) is 21.3. The van der Waals surface area contributed by atoms with E-state index >= 15 is 0 Å². The third-order valence-corrected chi connectivity index (χ3v) is 6.48. The van der Waals surface area contributed by atoms with E-state index in [0.717, 1.165) is 29.5 Å². The Morgan fingerprint density at radius 1 is 1.00 bits per heavy atom. The second-order valence-corrected chi connectivity index (χ2v) is 13.5. The van der Waals surface area contributed by atoms with Crippen molar-refractivity contribution in [3.63, 3.8) is 0 Å². The minimum absolute atomic E-state index is 0.00549. The van der Waals surface area contributed by atoms with Crippen molar-refractivity contribution in [1.29, 1.82) is 0 Å². The summed E-state index contributed by atoms with van der Waals surface area (Å²) < 4.78 is 5.28. The maximum Gasteiger partial charge on any atom is 0.396 e. The normalized spacial score (nSPS) is 18.4. The smallest absolute Gasteiger partial charge is 0.396 e. The molecule has 1 amide bonds. The molecule has 1 saturated heterocycles. The number of hydrogen-bond donors (Lipinski definition) is 3. The van der Waals surface area contributed by atoms with Crippen LogP contribution < -0.4 is 10.6 Å². The molecule has 4 N–H and O–H groups in total. The highest BCUT2D eigenvalue weighted by Gasteiger charge is 2.42. The first-order valence-electron chi connectivity index (χ1n) is 12.5. The van der Waals surface area contributed by atoms with Gasteiger partial charge in [-0.05, 0) is 68.1 Å². The molecule has 1 aromatic rings. The van der Waals surface area contributed by atoms with Crippen LogP contribution in [0.4, 0.5) is 0 Å².